The Kier molecular flexibility index (Phi) is 6.89. The van der Waals surface area contributed by atoms with E-state index in [0.29, 0.717) is 0 Å². The van der Waals surface area contributed by atoms with Gasteiger partial charge in [-0.15, -0.1) is 0 Å². The first kappa shape index (κ1) is 24.1. The largest absolute Gasteiger partial charge is 0.507 e. The van der Waals surface area contributed by atoms with Crippen molar-refractivity contribution in [1.82, 2.24) is 4.90 Å². The molecule has 1 aliphatic heterocycles. The van der Waals surface area contributed by atoms with E-state index >= 15 is 0 Å². The Morgan fingerprint density at radius 1 is 1.12 bits per heavy atom. The number of phenols is 1. The van der Waals surface area contributed by atoms with Crippen molar-refractivity contribution in [3.05, 3.63) is 63.5 Å². The second kappa shape index (κ2) is 9.70. The monoisotopic (exact) mass is 475 g/mol. The number of aromatic hydroxyl groups is 1. The van der Waals surface area contributed by atoms with Crippen LogP contribution in [0.5, 0.6) is 17.2 Å². The van der Waals surface area contributed by atoms with Crippen molar-refractivity contribution in [1.29, 1.82) is 0 Å². The lowest BCUT2D eigenvalue weighted by atomic mass is 9.98. The third kappa shape index (κ3) is 4.78. The zero-order chi connectivity index (χ0) is 24.5. The summed E-state index contributed by atoms with van der Waals surface area (Å²) >= 11 is 0. The number of benzene rings is 2. The molecule has 1 N–H and O–H groups in total. The van der Waals surface area contributed by atoms with Gasteiger partial charge >= 0.3 is 6.18 Å². The Hall–Kier alpha value is -3.00. The van der Waals surface area contributed by atoms with E-state index in [9.17, 15) is 23.1 Å². The van der Waals surface area contributed by atoms with Crippen molar-refractivity contribution in [2.45, 2.75) is 64.7 Å². The molecule has 1 aromatic heterocycles. The molecule has 1 saturated heterocycles. The fourth-order valence-electron chi connectivity index (χ4n) is 4.56. The highest BCUT2D eigenvalue weighted by Gasteiger charge is 2.41. The van der Waals surface area contributed by atoms with Gasteiger partial charge in [-0.2, -0.15) is 13.2 Å². The van der Waals surface area contributed by atoms with Gasteiger partial charge in [-0.3, -0.25) is 9.69 Å². The normalized spacial score (nSPS) is 17.3. The summed E-state index contributed by atoms with van der Waals surface area (Å²) in [5, 5.41) is 10.5. The van der Waals surface area contributed by atoms with Crippen LogP contribution in [0.2, 0.25) is 0 Å². The average Bonchev–Trinajstić information content (AvgIpc) is 2.82. The number of piperidine rings is 1. The first-order valence-electron chi connectivity index (χ1n) is 11.6. The second-order valence-corrected chi connectivity index (χ2v) is 8.66. The average molecular weight is 476 g/mol. The second-order valence-electron chi connectivity index (χ2n) is 8.66. The Balaban J connectivity index is 1.84. The maximum absolute atomic E-state index is 14.0. The summed E-state index contributed by atoms with van der Waals surface area (Å²) in [6.45, 7) is 4.97. The van der Waals surface area contributed by atoms with Crippen LogP contribution in [0.3, 0.4) is 0 Å². The Morgan fingerprint density at radius 3 is 2.50 bits per heavy atom. The number of hydrogen-bond acceptors (Lipinski definition) is 5. The van der Waals surface area contributed by atoms with E-state index in [-0.39, 0.29) is 40.6 Å². The summed E-state index contributed by atoms with van der Waals surface area (Å²) in [6, 6.07) is 9.35. The molecular weight excluding hydrogens is 447 g/mol. The number of aryl methyl sites for hydroxylation is 1. The number of nitrogens with zero attached hydrogens (tertiary/aromatic N) is 1. The molecule has 0 spiro atoms. The summed E-state index contributed by atoms with van der Waals surface area (Å²) in [4.78, 5) is 15.3. The van der Waals surface area contributed by atoms with E-state index < -0.39 is 23.1 Å². The quantitative estimate of drug-likeness (QED) is 0.433. The van der Waals surface area contributed by atoms with Gasteiger partial charge in [0.05, 0.1) is 10.9 Å². The molecule has 0 bridgehead atoms. The Morgan fingerprint density at radius 2 is 1.85 bits per heavy atom. The molecule has 1 fully saturated rings. The predicted octanol–water partition coefficient (Wildman–Crippen LogP) is 6.64. The lowest BCUT2D eigenvalue weighted by Crippen LogP contribution is -2.38. The third-order valence-corrected chi connectivity index (χ3v) is 6.49. The molecule has 4 rings (SSSR count). The number of phenolic OH excluding ortho intramolecular Hbond substituents is 1. The molecule has 182 valence electrons. The summed E-state index contributed by atoms with van der Waals surface area (Å²) < 4.78 is 52.8. The van der Waals surface area contributed by atoms with E-state index in [1.165, 1.54) is 24.3 Å². The van der Waals surface area contributed by atoms with E-state index in [2.05, 4.69) is 11.8 Å². The summed E-state index contributed by atoms with van der Waals surface area (Å²) in [6.07, 6.45) is -0.286. The Bertz CT molecular complexity index is 1220. The van der Waals surface area contributed by atoms with Crippen LogP contribution >= 0.6 is 0 Å². The molecule has 0 saturated carbocycles. The maximum Gasteiger partial charge on any atom is 0.453 e. The molecule has 5 nitrogen and oxygen atoms in total. The van der Waals surface area contributed by atoms with Crippen molar-refractivity contribution in [3.63, 3.8) is 0 Å². The minimum atomic E-state index is -4.97. The van der Waals surface area contributed by atoms with Crippen LogP contribution in [-0.4, -0.2) is 22.6 Å². The summed E-state index contributed by atoms with van der Waals surface area (Å²) in [7, 11) is 0. The van der Waals surface area contributed by atoms with Crippen LogP contribution < -0.4 is 10.2 Å². The molecule has 3 aromatic rings. The molecular formula is C26H28F3NO4. The molecule has 2 aromatic carbocycles. The Labute approximate surface area is 195 Å². The van der Waals surface area contributed by atoms with Gasteiger partial charge in [0, 0.05) is 12.6 Å². The molecule has 0 radical (unpaired) electrons. The van der Waals surface area contributed by atoms with Gasteiger partial charge in [0.15, 0.2) is 0 Å². The van der Waals surface area contributed by atoms with E-state index in [1.807, 2.05) is 6.92 Å². The van der Waals surface area contributed by atoms with Crippen LogP contribution in [-0.2, 0) is 19.1 Å². The number of alkyl halides is 3. The highest BCUT2D eigenvalue weighted by molar-refractivity contribution is 5.83. The molecule has 1 atom stereocenters. The molecule has 0 unspecified atom stereocenters. The number of hydrogen-bond donors (Lipinski definition) is 1. The molecule has 0 amide bonds. The van der Waals surface area contributed by atoms with Crippen LogP contribution in [0.4, 0.5) is 13.2 Å². The van der Waals surface area contributed by atoms with Crippen molar-refractivity contribution >= 4 is 11.0 Å². The van der Waals surface area contributed by atoms with Gasteiger partial charge in [-0.05, 0) is 62.1 Å². The van der Waals surface area contributed by atoms with Gasteiger partial charge in [-0.25, -0.2) is 0 Å². The molecule has 0 aliphatic carbocycles. The van der Waals surface area contributed by atoms with Crippen LogP contribution in [0.25, 0.3) is 11.0 Å². The zero-order valence-corrected chi connectivity index (χ0v) is 19.2. The van der Waals surface area contributed by atoms with Gasteiger partial charge in [0.1, 0.15) is 17.1 Å². The predicted molar refractivity (Wildman–Crippen MR) is 123 cm³/mol. The lowest BCUT2D eigenvalue weighted by molar-refractivity contribution is -0.154. The van der Waals surface area contributed by atoms with Crippen molar-refractivity contribution < 1.29 is 27.4 Å². The van der Waals surface area contributed by atoms with Crippen LogP contribution in [0, 0.1) is 0 Å². The lowest BCUT2D eigenvalue weighted by Gasteiger charge is -2.35. The first-order valence-corrected chi connectivity index (χ1v) is 11.6. The topological polar surface area (TPSA) is 62.9 Å². The standard InChI is InChI=1S/C26H28F3NO4/c1-3-16-8-10-18(11-9-16)33-24-22(32)19-12-13-21(31)20(23(19)34-25(24)26(27,28)29)15-30-14-6-5-7-17(30)4-2/h8-13,17,31H,3-7,14-15H2,1-2H3/t17-/m1/s1. The van der Waals surface area contributed by atoms with Gasteiger partial charge < -0.3 is 14.3 Å². The number of halogens is 3. The van der Waals surface area contributed by atoms with Gasteiger partial charge in [0.2, 0.25) is 11.2 Å². The molecule has 8 heteroatoms. The first-order chi connectivity index (χ1) is 16.2. The fraction of sp³-hybridized carbons (Fsp3) is 0.423. The summed E-state index contributed by atoms with van der Waals surface area (Å²) in [5.41, 5.74) is -0.0250. The van der Waals surface area contributed by atoms with Crippen molar-refractivity contribution in [2.24, 2.45) is 0 Å². The van der Waals surface area contributed by atoms with E-state index in [1.54, 1.807) is 12.1 Å². The van der Waals surface area contributed by atoms with Crippen molar-refractivity contribution in [2.75, 3.05) is 6.54 Å². The highest BCUT2D eigenvalue weighted by atomic mass is 19.4. The zero-order valence-electron chi connectivity index (χ0n) is 19.2. The minimum absolute atomic E-state index is 0.0639. The fourth-order valence-corrected chi connectivity index (χ4v) is 4.56. The highest BCUT2D eigenvalue weighted by Crippen LogP contribution is 2.40. The number of rotatable bonds is 6. The molecule has 2 heterocycles. The molecule has 34 heavy (non-hydrogen) atoms. The SMILES string of the molecule is CCc1ccc(Oc2c(C(F)(F)F)oc3c(CN4CCCC[C@H]4CC)c(O)ccc3c2=O)cc1. The smallest absolute Gasteiger partial charge is 0.453 e. The summed E-state index contributed by atoms with van der Waals surface area (Å²) in [5.74, 6) is -2.52. The van der Waals surface area contributed by atoms with E-state index in [0.717, 1.165) is 44.2 Å². The number of likely N-dealkylation sites (tertiary alicyclic amines) is 1. The molecule has 1 aliphatic rings. The minimum Gasteiger partial charge on any atom is -0.507 e. The number of ether oxygens (including phenoxy) is 1. The number of fused-ring (bicyclic) bond motifs is 1. The maximum atomic E-state index is 14.0. The van der Waals surface area contributed by atoms with Gasteiger partial charge in [-0.1, -0.05) is 32.4 Å². The van der Waals surface area contributed by atoms with Crippen LogP contribution in [0.1, 0.15) is 56.4 Å². The third-order valence-electron chi connectivity index (χ3n) is 6.49. The van der Waals surface area contributed by atoms with Crippen molar-refractivity contribution in [3.8, 4) is 17.2 Å². The van der Waals surface area contributed by atoms with E-state index in [4.69, 9.17) is 9.15 Å². The van der Waals surface area contributed by atoms with Gasteiger partial charge in [0.25, 0.3) is 5.76 Å². The van der Waals surface area contributed by atoms with Crippen LogP contribution in [0.15, 0.2) is 45.6 Å².